The molecule has 0 spiro atoms. The van der Waals surface area contributed by atoms with Gasteiger partial charge in [0.05, 0.1) is 0 Å². The molecule has 2 aliphatic rings. The zero-order valence-electron chi connectivity index (χ0n) is 17.5. The van der Waals surface area contributed by atoms with E-state index >= 15 is 0 Å². The summed E-state index contributed by atoms with van der Waals surface area (Å²) in [4.78, 5) is 8.44. The van der Waals surface area contributed by atoms with Crippen molar-refractivity contribution in [2.24, 2.45) is 10.9 Å². The molecule has 5 atom stereocenters. The van der Waals surface area contributed by atoms with Crippen LogP contribution in [0.3, 0.4) is 0 Å². The summed E-state index contributed by atoms with van der Waals surface area (Å²) in [5.41, 5.74) is 0. The van der Waals surface area contributed by atoms with E-state index in [0.29, 0.717) is 23.3 Å². The third kappa shape index (κ3) is 5.57. The summed E-state index contributed by atoms with van der Waals surface area (Å²) in [7, 11) is 3.41. The van der Waals surface area contributed by atoms with Gasteiger partial charge in [0.1, 0.15) is 0 Å². The minimum Gasteiger partial charge on any atom is -0.356 e. The molecule has 2 N–H and O–H groups in total. The molecule has 2 fully saturated rings. The van der Waals surface area contributed by atoms with Crippen LogP contribution in [-0.2, 0) is 10.8 Å². The lowest BCUT2D eigenvalue weighted by Crippen LogP contribution is -2.49. The SMILES string of the molecule is CCS(=O)C1CCCC(NC(=NC)NCC2CCCN(C)C2c2cccs2)C1. The minimum absolute atomic E-state index is 0.338. The molecule has 1 saturated heterocycles. The van der Waals surface area contributed by atoms with Gasteiger partial charge in [-0.15, -0.1) is 11.3 Å². The lowest BCUT2D eigenvalue weighted by molar-refractivity contribution is 0.125. The zero-order chi connectivity index (χ0) is 19.9. The maximum atomic E-state index is 12.2. The second-order valence-electron chi connectivity index (χ2n) is 8.10. The number of rotatable bonds is 6. The van der Waals surface area contributed by atoms with E-state index in [4.69, 9.17) is 0 Å². The van der Waals surface area contributed by atoms with Crippen LogP contribution >= 0.6 is 11.3 Å². The molecule has 0 bridgehead atoms. The lowest BCUT2D eigenvalue weighted by atomic mass is 9.88. The van der Waals surface area contributed by atoms with E-state index in [-0.39, 0.29) is 0 Å². The Morgan fingerprint density at radius 1 is 1.36 bits per heavy atom. The summed E-state index contributed by atoms with van der Waals surface area (Å²) in [6.45, 7) is 4.13. The fraction of sp³-hybridized carbons (Fsp3) is 0.762. The third-order valence-electron chi connectivity index (χ3n) is 6.22. The van der Waals surface area contributed by atoms with Crippen LogP contribution in [0.25, 0.3) is 0 Å². The van der Waals surface area contributed by atoms with Gasteiger partial charge >= 0.3 is 0 Å². The molecule has 1 aliphatic heterocycles. The number of guanidine groups is 1. The Kier molecular flexibility index (Phi) is 8.36. The number of likely N-dealkylation sites (tertiary alicyclic amines) is 1. The van der Waals surface area contributed by atoms with E-state index < -0.39 is 10.8 Å². The number of piperidine rings is 1. The first-order valence-corrected chi connectivity index (χ1v) is 13.0. The molecule has 2 heterocycles. The Hall–Kier alpha value is -0.920. The van der Waals surface area contributed by atoms with Gasteiger partial charge in [0, 0.05) is 52.4 Å². The van der Waals surface area contributed by atoms with Crippen LogP contribution in [0.15, 0.2) is 22.5 Å². The number of hydrogen-bond donors (Lipinski definition) is 2. The standard InChI is InChI=1S/C21H36N4OS2/c1-4-28(26)18-10-5-9-17(14-18)24-21(22-2)23-15-16-8-6-12-25(3)20(16)19-11-7-13-27-19/h7,11,13,16-18,20H,4-6,8-10,12,14-15H2,1-3H3,(H2,22,23,24). The molecule has 1 saturated carbocycles. The molecule has 5 unspecified atom stereocenters. The van der Waals surface area contributed by atoms with Gasteiger partial charge in [0.25, 0.3) is 0 Å². The van der Waals surface area contributed by atoms with Crippen molar-refractivity contribution in [2.45, 2.75) is 62.8 Å². The summed E-state index contributed by atoms with van der Waals surface area (Å²) in [6.07, 6.45) is 6.88. The second-order valence-corrected chi connectivity index (χ2v) is 11.1. The molecular formula is C21H36N4OS2. The monoisotopic (exact) mass is 424 g/mol. The van der Waals surface area contributed by atoms with Crippen LogP contribution in [0, 0.1) is 5.92 Å². The molecule has 158 valence electrons. The molecule has 3 rings (SSSR count). The molecule has 1 aromatic rings. The van der Waals surface area contributed by atoms with Gasteiger partial charge in [0.2, 0.25) is 0 Å². The number of nitrogens with zero attached hydrogens (tertiary/aromatic N) is 2. The third-order valence-corrected chi connectivity index (χ3v) is 8.90. The molecule has 1 aliphatic carbocycles. The molecule has 5 nitrogen and oxygen atoms in total. The van der Waals surface area contributed by atoms with E-state index in [1.165, 1.54) is 24.3 Å². The Morgan fingerprint density at radius 2 is 2.21 bits per heavy atom. The average Bonchev–Trinajstić information content (AvgIpc) is 3.25. The topological polar surface area (TPSA) is 56.7 Å². The van der Waals surface area contributed by atoms with Crippen LogP contribution in [-0.4, -0.2) is 59.3 Å². The van der Waals surface area contributed by atoms with Gasteiger partial charge in [-0.3, -0.25) is 14.1 Å². The zero-order valence-corrected chi connectivity index (χ0v) is 19.2. The van der Waals surface area contributed by atoms with Crippen molar-refractivity contribution < 1.29 is 4.21 Å². The Balaban J connectivity index is 1.55. The number of hydrogen-bond acceptors (Lipinski definition) is 4. The Bertz CT molecular complexity index is 649. The predicted molar refractivity (Wildman–Crippen MR) is 122 cm³/mol. The lowest BCUT2D eigenvalue weighted by Gasteiger charge is -2.39. The van der Waals surface area contributed by atoms with Crippen LogP contribution in [0.4, 0.5) is 0 Å². The molecule has 1 aromatic heterocycles. The number of aliphatic imine (C=N–C) groups is 1. The summed E-state index contributed by atoms with van der Waals surface area (Å²) in [5.74, 6) is 2.25. The quantitative estimate of drug-likeness (QED) is 0.543. The van der Waals surface area contributed by atoms with Gasteiger partial charge in [0.15, 0.2) is 5.96 Å². The van der Waals surface area contributed by atoms with E-state index in [2.05, 4.69) is 45.1 Å². The van der Waals surface area contributed by atoms with Crippen LogP contribution in [0.5, 0.6) is 0 Å². The summed E-state index contributed by atoms with van der Waals surface area (Å²) in [5, 5.41) is 9.73. The smallest absolute Gasteiger partial charge is 0.191 e. The van der Waals surface area contributed by atoms with Crippen molar-refractivity contribution in [1.29, 1.82) is 0 Å². The average molecular weight is 425 g/mol. The summed E-state index contributed by atoms with van der Waals surface area (Å²) < 4.78 is 12.2. The fourth-order valence-electron chi connectivity index (χ4n) is 4.75. The first kappa shape index (κ1) is 21.8. The highest BCUT2D eigenvalue weighted by molar-refractivity contribution is 7.85. The highest BCUT2D eigenvalue weighted by atomic mass is 32.2. The first-order chi connectivity index (χ1) is 13.6. The van der Waals surface area contributed by atoms with Crippen LogP contribution < -0.4 is 10.6 Å². The highest BCUT2D eigenvalue weighted by Gasteiger charge is 2.31. The first-order valence-electron chi connectivity index (χ1n) is 10.7. The van der Waals surface area contributed by atoms with E-state index in [1.807, 2.05) is 25.3 Å². The van der Waals surface area contributed by atoms with Crippen molar-refractivity contribution in [3.63, 3.8) is 0 Å². The van der Waals surface area contributed by atoms with Crippen LogP contribution in [0.2, 0.25) is 0 Å². The maximum Gasteiger partial charge on any atom is 0.191 e. The largest absolute Gasteiger partial charge is 0.356 e. The van der Waals surface area contributed by atoms with Crippen molar-refractivity contribution >= 4 is 28.1 Å². The second kappa shape index (κ2) is 10.7. The fourth-order valence-corrected chi connectivity index (χ4v) is 7.08. The van der Waals surface area contributed by atoms with E-state index in [1.54, 1.807) is 0 Å². The minimum atomic E-state index is -0.689. The number of thiophene rings is 1. The maximum absolute atomic E-state index is 12.2. The number of nitrogens with one attached hydrogen (secondary N) is 2. The molecule has 0 aromatic carbocycles. The van der Waals surface area contributed by atoms with Crippen molar-refractivity contribution in [1.82, 2.24) is 15.5 Å². The Labute approximate surface area is 176 Å². The predicted octanol–water partition coefficient (Wildman–Crippen LogP) is 3.38. The van der Waals surface area contributed by atoms with Crippen LogP contribution in [0.1, 0.15) is 56.4 Å². The van der Waals surface area contributed by atoms with Gasteiger partial charge in [-0.2, -0.15) is 0 Å². The van der Waals surface area contributed by atoms with E-state index in [0.717, 1.165) is 43.9 Å². The molecule has 0 radical (unpaired) electrons. The molecule has 28 heavy (non-hydrogen) atoms. The Morgan fingerprint density at radius 3 is 2.93 bits per heavy atom. The summed E-state index contributed by atoms with van der Waals surface area (Å²) in [6, 6.07) is 5.30. The molecular weight excluding hydrogens is 388 g/mol. The molecule has 0 amide bonds. The van der Waals surface area contributed by atoms with Crippen molar-refractivity contribution in [3.8, 4) is 0 Å². The molecule has 7 heteroatoms. The van der Waals surface area contributed by atoms with Gasteiger partial charge in [-0.25, -0.2) is 0 Å². The normalized spacial score (nSPS) is 30.8. The van der Waals surface area contributed by atoms with Crippen molar-refractivity contribution in [3.05, 3.63) is 22.4 Å². The van der Waals surface area contributed by atoms with Crippen molar-refractivity contribution in [2.75, 3.05) is 32.9 Å². The van der Waals surface area contributed by atoms with Gasteiger partial charge in [-0.05, 0) is 63.1 Å². The van der Waals surface area contributed by atoms with E-state index in [9.17, 15) is 4.21 Å². The summed E-state index contributed by atoms with van der Waals surface area (Å²) >= 11 is 1.87. The van der Waals surface area contributed by atoms with Gasteiger partial charge in [-0.1, -0.05) is 19.4 Å². The highest BCUT2D eigenvalue weighted by Crippen LogP contribution is 2.36. The van der Waals surface area contributed by atoms with Gasteiger partial charge < -0.3 is 10.6 Å².